The molecule has 0 amide bonds. The van der Waals surface area contributed by atoms with Crippen molar-refractivity contribution in [2.24, 2.45) is 17.6 Å². The molecule has 1 aliphatic carbocycles. The Labute approximate surface area is 81.8 Å². The van der Waals surface area contributed by atoms with Gasteiger partial charge in [0.05, 0.1) is 6.61 Å². The largest absolute Gasteiger partial charge is 0.384 e. The van der Waals surface area contributed by atoms with Crippen LogP contribution in [0.1, 0.15) is 39.5 Å². The predicted molar refractivity (Wildman–Crippen MR) is 55.6 cm³/mol. The monoisotopic (exact) mass is 185 g/mol. The second-order valence-corrected chi connectivity index (χ2v) is 4.77. The van der Waals surface area contributed by atoms with Gasteiger partial charge in [-0.15, -0.1) is 0 Å². The van der Waals surface area contributed by atoms with Crippen LogP contribution in [0.15, 0.2) is 0 Å². The molecule has 0 bridgehead atoms. The van der Waals surface area contributed by atoms with Crippen LogP contribution in [-0.2, 0) is 4.74 Å². The number of methoxy groups -OCH3 is 1. The third-order valence-electron chi connectivity index (χ3n) is 3.60. The van der Waals surface area contributed by atoms with Gasteiger partial charge in [0.2, 0.25) is 0 Å². The molecule has 1 fully saturated rings. The molecule has 0 aromatic carbocycles. The van der Waals surface area contributed by atoms with Gasteiger partial charge in [0.1, 0.15) is 0 Å². The fourth-order valence-electron chi connectivity index (χ4n) is 2.21. The van der Waals surface area contributed by atoms with Gasteiger partial charge in [-0.1, -0.05) is 13.8 Å². The lowest BCUT2D eigenvalue weighted by Crippen LogP contribution is -2.50. The lowest BCUT2D eigenvalue weighted by Gasteiger charge is -2.40. The number of nitrogens with two attached hydrogens (primary N) is 1. The topological polar surface area (TPSA) is 35.2 Å². The van der Waals surface area contributed by atoms with Crippen LogP contribution < -0.4 is 5.73 Å². The molecular formula is C11H23NO. The lowest BCUT2D eigenvalue weighted by atomic mass is 9.71. The highest BCUT2D eigenvalue weighted by Gasteiger charge is 2.34. The van der Waals surface area contributed by atoms with E-state index in [9.17, 15) is 0 Å². The predicted octanol–water partition coefficient (Wildman–Crippen LogP) is 2.18. The van der Waals surface area contributed by atoms with E-state index in [1.807, 2.05) is 0 Å². The first-order valence-corrected chi connectivity index (χ1v) is 5.36. The van der Waals surface area contributed by atoms with Crippen LogP contribution in [0, 0.1) is 11.8 Å². The Morgan fingerprint density at radius 3 is 2.46 bits per heavy atom. The fraction of sp³-hybridized carbons (Fsp3) is 1.00. The third kappa shape index (κ3) is 2.68. The summed E-state index contributed by atoms with van der Waals surface area (Å²) in [5.74, 6) is 1.36. The molecule has 1 unspecified atom stereocenters. The minimum atomic E-state index is 0.0442. The minimum absolute atomic E-state index is 0.0442. The van der Waals surface area contributed by atoms with E-state index in [-0.39, 0.29) is 5.54 Å². The summed E-state index contributed by atoms with van der Waals surface area (Å²) in [6.45, 7) is 5.32. The van der Waals surface area contributed by atoms with Crippen LogP contribution in [0.2, 0.25) is 0 Å². The van der Waals surface area contributed by atoms with Crippen LogP contribution in [0.3, 0.4) is 0 Å². The Morgan fingerprint density at radius 2 is 2.00 bits per heavy atom. The normalized spacial score (nSPS) is 37.4. The summed E-state index contributed by atoms with van der Waals surface area (Å²) >= 11 is 0. The van der Waals surface area contributed by atoms with E-state index in [1.54, 1.807) is 7.11 Å². The summed E-state index contributed by atoms with van der Waals surface area (Å²) in [4.78, 5) is 0. The van der Waals surface area contributed by atoms with E-state index >= 15 is 0 Å². The molecule has 2 N–H and O–H groups in total. The van der Waals surface area contributed by atoms with Gasteiger partial charge in [-0.25, -0.2) is 0 Å². The van der Waals surface area contributed by atoms with Crippen molar-refractivity contribution in [2.45, 2.75) is 45.1 Å². The van der Waals surface area contributed by atoms with Crippen LogP contribution in [0.5, 0.6) is 0 Å². The second kappa shape index (κ2) is 4.43. The van der Waals surface area contributed by atoms with E-state index in [0.717, 1.165) is 12.5 Å². The van der Waals surface area contributed by atoms with Crippen molar-refractivity contribution in [2.75, 3.05) is 13.7 Å². The smallest absolute Gasteiger partial charge is 0.0505 e. The molecular weight excluding hydrogens is 162 g/mol. The summed E-state index contributed by atoms with van der Waals surface area (Å²) in [5, 5.41) is 0. The summed E-state index contributed by atoms with van der Waals surface area (Å²) in [7, 11) is 1.76. The van der Waals surface area contributed by atoms with Gasteiger partial charge in [0, 0.05) is 12.6 Å². The maximum Gasteiger partial charge on any atom is 0.0505 e. The molecule has 2 nitrogen and oxygen atoms in total. The second-order valence-electron chi connectivity index (χ2n) is 4.77. The zero-order valence-electron chi connectivity index (χ0n) is 9.18. The van der Waals surface area contributed by atoms with Crippen molar-refractivity contribution in [1.29, 1.82) is 0 Å². The standard InChI is InChI=1S/C11H23NO/c1-9-4-6-11(12,7-5-9)10(2)8-13-3/h9-10H,4-8,12H2,1-3H3. The summed E-state index contributed by atoms with van der Waals surface area (Å²) in [5.41, 5.74) is 6.42. The Hall–Kier alpha value is -0.0800. The highest BCUT2D eigenvalue weighted by molar-refractivity contribution is 4.92. The summed E-state index contributed by atoms with van der Waals surface area (Å²) < 4.78 is 5.17. The van der Waals surface area contributed by atoms with Gasteiger partial charge in [-0.05, 0) is 37.5 Å². The molecule has 1 rings (SSSR count). The Balaban J connectivity index is 2.46. The Bertz CT molecular complexity index is 150. The molecule has 1 atom stereocenters. The molecule has 78 valence electrons. The van der Waals surface area contributed by atoms with Gasteiger partial charge in [0.15, 0.2) is 0 Å². The number of hydrogen-bond acceptors (Lipinski definition) is 2. The van der Waals surface area contributed by atoms with Crippen LogP contribution in [-0.4, -0.2) is 19.3 Å². The SMILES string of the molecule is COCC(C)C1(N)CCC(C)CC1. The molecule has 0 aliphatic heterocycles. The number of hydrogen-bond donors (Lipinski definition) is 1. The van der Waals surface area contributed by atoms with E-state index in [0.29, 0.717) is 5.92 Å². The quantitative estimate of drug-likeness (QED) is 0.731. The first-order valence-electron chi connectivity index (χ1n) is 5.36. The van der Waals surface area contributed by atoms with E-state index < -0.39 is 0 Å². The summed E-state index contributed by atoms with van der Waals surface area (Å²) in [6.07, 6.45) is 4.90. The average molecular weight is 185 g/mol. The maximum absolute atomic E-state index is 6.37. The van der Waals surface area contributed by atoms with Gasteiger partial charge in [0.25, 0.3) is 0 Å². The van der Waals surface area contributed by atoms with Crippen molar-refractivity contribution >= 4 is 0 Å². The summed E-state index contributed by atoms with van der Waals surface area (Å²) in [6, 6.07) is 0. The van der Waals surface area contributed by atoms with Crippen LogP contribution >= 0.6 is 0 Å². The van der Waals surface area contributed by atoms with Crippen molar-refractivity contribution in [3.05, 3.63) is 0 Å². The van der Waals surface area contributed by atoms with Crippen LogP contribution in [0.4, 0.5) is 0 Å². The molecule has 0 radical (unpaired) electrons. The molecule has 0 aromatic rings. The minimum Gasteiger partial charge on any atom is -0.384 e. The molecule has 0 spiro atoms. The van der Waals surface area contributed by atoms with Crippen molar-refractivity contribution in [3.63, 3.8) is 0 Å². The van der Waals surface area contributed by atoms with E-state index in [2.05, 4.69) is 13.8 Å². The number of ether oxygens (including phenoxy) is 1. The molecule has 13 heavy (non-hydrogen) atoms. The zero-order valence-corrected chi connectivity index (χ0v) is 9.18. The molecule has 2 heteroatoms. The van der Waals surface area contributed by atoms with Crippen molar-refractivity contribution in [1.82, 2.24) is 0 Å². The van der Waals surface area contributed by atoms with Gasteiger partial charge < -0.3 is 10.5 Å². The molecule has 0 heterocycles. The number of rotatable bonds is 3. The maximum atomic E-state index is 6.37. The van der Waals surface area contributed by atoms with E-state index in [1.165, 1.54) is 25.7 Å². The van der Waals surface area contributed by atoms with Crippen LogP contribution in [0.25, 0.3) is 0 Å². The third-order valence-corrected chi connectivity index (χ3v) is 3.60. The molecule has 1 aliphatic rings. The highest BCUT2D eigenvalue weighted by Crippen LogP contribution is 2.34. The Kier molecular flexibility index (Phi) is 3.74. The van der Waals surface area contributed by atoms with Gasteiger partial charge in [-0.3, -0.25) is 0 Å². The fourth-order valence-corrected chi connectivity index (χ4v) is 2.21. The van der Waals surface area contributed by atoms with Gasteiger partial charge in [-0.2, -0.15) is 0 Å². The lowest BCUT2D eigenvalue weighted by molar-refractivity contribution is 0.0869. The highest BCUT2D eigenvalue weighted by atomic mass is 16.5. The first-order chi connectivity index (χ1) is 6.08. The average Bonchev–Trinajstić information content (AvgIpc) is 2.11. The first kappa shape index (κ1) is 11.0. The van der Waals surface area contributed by atoms with E-state index in [4.69, 9.17) is 10.5 Å². The van der Waals surface area contributed by atoms with Crippen molar-refractivity contribution in [3.8, 4) is 0 Å². The molecule has 0 aromatic heterocycles. The van der Waals surface area contributed by atoms with Crippen molar-refractivity contribution < 1.29 is 4.74 Å². The molecule has 0 saturated heterocycles. The molecule has 1 saturated carbocycles. The van der Waals surface area contributed by atoms with Gasteiger partial charge >= 0.3 is 0 Å². The Morgan fingerprint density at radius 1 is 1.46 bits per heavy atom. The zero-order chi connectivity index (χ0) is 9.90.